The summed E-state index contributed by atoms with van der Waals surface area (Å²) < 4.78 is 7.59. The molecule has 0 spiro atoms. The van der Waals surface area contributed by atoms with Gasteiger partial charge in [-0.05, 0) is 11.1 Å². The van der Waals surface area contributed by atoms with Crippen LogP contribution in [0.5, 0.6) is 0 Å². The minimum atomic E-state index is -1.08. The van der Waals surface area contributed by atoms with Gasteiger partial charge >= 0.3 is 0 Å². The summed E-state index contributed by atoms with van der Waals surface area (Å²) in [6.45, 7) is 3.71. The maximum absolute atomic E-state index is 10.6. The number of hydrogen-bond donors (Lipinski definition) is 5. The van der Waals surface area contributed by atoms with Gasteiger partial charge < -0.3 is 31.3 Å². The van der Waals surface area contributed by atoms with E-state index in [1.807, 2.05) is 0 Å². The molecule has 0 aliphatic carbocycles. The van der Waals surface area contributed by atoms with E-state index in [0.29, 0.717) is 22.8 Å². The summed E-state index contributed by atoms with van der Waals surface area (Å²) in [6, 6.07) is 8.61. The number of nitrogen functional groups attached to an aromatic ring is 1. The number of ether oxygens (including phenoxy) is 1. The first kappa shape index (κ1) is 22.5. The first-order valence-corrected chi connectivity index (χ1v) is 12.3. The second-order valence-electron chi connectivity index (χ2n) is 8.43. The van der Waals surface area contributed by atoms with Gasteiger partial charge in [0, 0.05) is 43.6 Å². The van der Waals surface area contributed by atoms with Gasteiger partial charge in [0.05, 0.1) is 12.4 Å². The lowest BCUT2D eigenvalue weighted by molar-refractivity contribution is -0.0289. The molecule has 2 aliphatic rings. The lowest BCUT2D eigenvalue weighted by atomic mass is 9.91. The molecule has 6 N–H and O–H groups in total. The topological polar surface area (TPSA) is 143 Å². The normalized spacial score (nSPS) is 27.2. The number of hydrogen-bond acceptors (Lipinski definition) is 10. The molecular weight excluding hydrogens is 442 g/mol. The largest absolute Gasteiger partial charge is 0.387 e. The van der Waals surface area contributed by atoms with Gasteiger partial charge in [0.25, 0.3) is 0 Å². The van der Waals surface area contributed by atoms with Crippen molar-refractivity contribution in [2.45, 2.75) is 37.0 Å². The molecule has 0 bridgehead atoms. The zero-order chi connectivity index (χ0) is 22.8. The maximum atomic E-state index is 10.6. The summed E-state index contributed by atoms with van der Waals surface area (Å²) in [6.07, 6.45) is -0.481. The lowest BCUT2D eigenvalue weighted by Gasteiger charge is -2.26. The van der Waals surface area contributed by atoms with Crippen LogP contribution in [0.25, 0.3) is 11.2 Å². The summed E-state index contributed by atoms with van der Waals surface area (Å²) in [5.74, 6) is 2.19. The van der Waals surface area contributed by atoms with Crippen molar-refractivity contribution < 1.29 is 14.9 Å². The van der Waals surface area contributed by atoms with E-state index < -0.39 is 24.5 Å². The SMILES string of the molecule is Nc1ncnc2c1ncn2[C@@H]1O[C@H](CSCCNCC2CNCc3ccccc32)[C@@H](O)[C@H]1O. The zero-order valence-electron chi connectivity index (χ0n) is 18.2. The number of anilines is 1. The second-order valence-corrected chi connectivity index (χ2v) is 9.58. The molecule has 1 saturated heterocycles. The van der Waals surface area contributed by atoms with Crippen molar-refractivity contribution in [3.05, 3.63) is 48.0 Å². The molecule has 5 rings (SSSR count). The van der Waals surface area contributed by atoms with Crippen LogP contribution in [-0.4, -0.2) is 79.2 Å². The number of imidazole rings is 1. The summed E-state index contributed by atoms with van der Waals surface area (Å²) in [5, 5.41) is 28.1. The molecule has 0 saturated carbocycles. The monoisotopic (exact) mass is 471 g/mol. The lowest BCUT2D eigenvalue weighted by Crippen LogP contribution is -2.35. The Labute approximate surface area is 196 Å². The number of benzene rings is 1. The summed E-state index contributed by atoms with van der Waals surface area (Å²) in [4.78, 5) is 12.3. The van der Waals surface area contributed by atoms with Crippen LogP contribution in [0.2, 0.25) is 0 Å². The van der Waals surface area contributed by atoms with Crippen molar-refractivity contribution in [3.8, 4) is 0 Å². The number of nitrogens with zero attached hydrogens (tertiary/aromatic N) is 4. The molecular formula is C22H29N7O3S. The van der Waals surface area contributed by atoms with Crippen LogP contribution < -0.4 is 16.4 Å². The van der Waals surface area contributed by atoms with Crippen LogP contribution in [-0.2, 0) is 11.3 Å². The third-order valence-electron chi connectivity index (χ3n) is 6.30. The average molecular weight is 472 g/mol. The fourth-order valence-corrected chi connectivity index (χ4v) is 5.50. The highest BCUT2D eigenvalue weighted by Crippen LogP contribution is 2.33. The van der Waals surface area contributed by atoms with E-state index in [-0.39, 0.29) is 5.82 Å². The van der Waals surface area contributed by atoms with Crippen LogP contribution in [0.1, 0.15) is 23.3 Å². The van der Waals surface area contributed by atoms with Gasteiger partial charge in [-0.2, -0.15) is 11.8 Å². The molecule has 1 unspecified atom stereocenters. The number of fused-ring (bicyclic) bond motifs is 2. The molecule has 2 aliphatic heterocycles. The first-order valence-electron chi connectivity index (χ1n) is 11.1. The molecule has 3 aromatic rings. The molecule has 33 heavy (non-hydrogen) atoms. The number of aliphatic hydroxyl groups excluding tert-OH is 2. The number of nitrogens with one attached hydrogen (secondary N) is 2. The van der Waals surface area contributed by atoms with Crippen LogP contribution >= 0.6 is 11.8 Å². The van der Waals surface area contributed by atoms with E-state index in [2.05, 4.69) is 49.9 Å². The molecule has 4 heterocycles. The fraction of sp³-hybridized carbons (Fsp3) is 0.500. The van der Waals surface area contributed by atoms with Crippen LogP contribution in [0, 0.1) is 0 Å². The van der Waals surface area contributed by atoms with Gasteiger partial charge in [-0.3, -0.25) is 4.57 Å². The molecule has 0 radical (unpaired) electrons. The number of aliphatic hydroxyl groups is 2. The van der Waals surface area contributed by atoms with Gasteiger partial charge in [-0.25, -0.2) is 15.0 Å². The highest BCUT2D eigenvalue weighted by atomic mass is 32.2. The molecule has 1 aromatic carbocycles. The van der Waals surface area contributed by atoms with Crippen molar-refractivity contribution in [2.24, 2.45) is 0 Å². The molecule has 176 valence electrons. The van der Waals surface area contributed by atoms with E-state index in [9.17, 15) is 10.2 Å². The van der Waals surface area contributed by atoms with Gasteiger partial charge in [0.15, 0.2) is 17.7 Å². The summed E-state index contributed by atoms with van der Waals surface area (Å²) in [7, 11) is 0. The van der Waals surface area contributed by atoms with Crippen molar-refractivity contribution in [1.29, 1.82) is 0 Å². The van der Waals surface area contributed by atoms with E-state index in [4.69, 9.17) is 10.5 Å². The molecule has 5 atom stereocenters. The summed E-state index contributed by atoms with van der Waals surface area (Å²) in [5.41, 5.74) is 9.56. The quantitative estimate of drug-likeness (QED) is 0.290. The van der Waals surface area contributed by atoms with Gasteiger partial charge in [-0.1, -0.05) is 24.3 Å². The minimum absolute atomic E-state index is 0.263. The third-order valence-corrected chi connectivity index (χ3v) is 7.35. The van der Waals surface area contributed by atoms with Crippen molar-refractivity contribution in [2.75, 3.05) is 36.9 Å². The van der Waals surface area contributed by atoms with E-state index in [1.165, 1.54) is 23.8 Å². The Bertz CT molecular complexity index is 1100. The van der Waals surface area contributed by atoms with Crippen molar-refractivity contribution >= 4 is 28.7 Å². The Morgan fingerprint density at radius 3 is 3.00 bits per heavy atom. The molecule has 0 amide bonds. The minimum Gasteiger partial charge on any atom is -0.387 e. The smallest absolute Gasteiger partial charge is 0.167 e. The Morgan fingerprint density at radius 2 is 2.09 bits per heavy atom. The highest BCUT2D eigenvalue weighted by molar-refractivity contribution is 7.99. The Morgan fingerprint density at radius 1 is 1.21 bits per heavy atom. The van der Waals surface area contributed by atoms with Crippen molar-refractivity contribution in [1.82, 2.24) is 30.2 Å². The number of aromatic nitrogens is 4. The Balaban J connectivity index is 1.09. The second kappa shape index (κ2) is 9.92. The van der Waals surface area contributed by atoms with Crippen LogP contribution in [0.15, 0.2) is 36.9 Å². The van der Waals surface area contributed by atoms with E-state index in [1.54, 1.807) is 16.3 Å². The molecule has 1 fully saturated rings. The predicted octanol–water partition coefficient (Wildman–Crippen LogP) is 0.238. The maximum Gasteiger partial charge on any atom is 0.167 e. The van der Waals surface area contributed by atoms with Crippen molar-refractivity contribution in [3.63, 3.8) is 0 Å². The standard InChI is InChI=1S/C22H29N7O3S/c23-20-17-21(27-11-26-20)29(12-28-17)22-19(31)18(30)16(32-22)10-33-6-5-24-8-14-9-25-7-13-3-1-2-4-15(13)14/h1-4,11-12,14,16,18-19,22,24-25,30-31H,5-10H2,(H2,23,26,27)/t14?,16-,18-,19-,22-/m1/s1. The zero-order valence-corrected chi connectivity index (χ0v) is 19.0. The van der Waals surface area contributed by atoms with Gasteiger partial charge in [0.1, 0.15) is 24.1 Å². The predicted molar refractivity (Wildman–Crippen MR) is 127 cm³/mol. The Hall–Kier alpha value is -2.28. The number of rotatable bonds is 8. The number of nitrogens with two attached hydrogens (primary N) is 1. The molecule has 11 heteroatoms. The van der Waals surface area contributed by atoms with E-state index in [0.717, 1.165) is 31.9 Å². The third kappa shape index (κ3) is 4.57. The average Bonchev–Trinajstić information content (AvgIpc) is 3.38. The Kier molecular flexibility index (Phi) is 6.76. The first-order chi connectivity index (χ1) is 16.1. The molecule has 2 aromatic heterocycles. The molecule has 10 nitrogen and oxygen atoms in total. The van der Waals surface area contributed by atoms with Gasteiger partial charge in [-0.15, -0.1) is 0 Å². The highest BCUT2D eigenvalue weighted by Gasteiger charge is 2.44. The van der Waals surface area contributed by atoms with Crippen LogP contribution in [0.4, 0.5) is 5.82 Å². The fourth-order valence-electron chi connectivity index (χ4n) is 4.54. The van der Waals surface area contributed by atoms with Gasteiger partial charge in [0.2, 0.25) is 0 Å². The number of thioether (sulfide) groups is 1. The van der Waals surface area contributed by atoms with E-state index >= 15 is 0 Å². The summed E-state index contributed by atoms with van der Waals surface area (Å²) >= 11 is 1.69. The van der Waals surface area contributed by atoms with Crippen LogP contribution in [0.3, 0.4) is 0 Å².